The highest BCUT2D eigenvalue weighted by Crippen LogP contribution is 2.52. The minimum absolute atomic E-state index is 0.143. The quantitative estimate of drug-likeness (QED) is 0.386. The van der Waals surface area contributed by atoms with Crippen LogP contribution in [-0.4, -0.2) is 47.3 Å². The summed E-state index contributed by atoms with van der Waals surface area (Å²) in [5.74, 6) is -1.85. The first-order valence-electron chi connectivity index (χ1n) is 12.7. The second kappa shape index (κ2) is 11.0. The molecular weight excluding hydrogens is 533 g/mol. The van der Waals surface area contributed by atoms with Gasteiger partial charge in [0.2, 0.25) is 5.91 Å². The van der Waals surface area contributed by atoms with Crippen molar-refractivity contribution in [3.8, 4) is 0 Å². The molecule has 4 rings (SSSR count). The lowest BCUT2D eigenvalue weighted by Crippen LogP contribution is -2.57. The zero-order valence-corrected chi connectivity index (χ0v) is 23.4. The maximum Gasteiger partial charge on any atom is 0.304 e. The Morgan fingerprint density at radius 3 is 2.32 bits per heavy atom. The molecule has 1 aliphatic heterocycles. The van der Waals surface area contributed by atoms with Crippen molar-refractivity contribution in [2.45, 2.75) is 75.6 Å². The van der Waals surface area contributed by atoms with Gasteiger partial charge in [-0.1, -0.05) is 67.7 Å². The fourth-order valence-corrected chi connectivity index (χ4v) is 8.39. The van der Waals surface area contributed by atoms with Gasteiger partial charge in [-0.25, -0.2) is 8.42 Å². The van der Waals surface area contributed by atoms with Crippen LogP contribution in [0.4, 0.5) is 0 Å². The number of hydrogen-bond acceptors (Lipinski definition) is 4. The van der Waals surface area contributed by atoms with Gasteiger partial charge >= 0.3 is 5.97 Å². The van der Waals surface area contributed by atoms with Crippen molar-refractivity contribution in [3.63, 3.8) is 0 Å². The van der Waals surface area contributed by atoms with Crippen LogP contribution in [0.25, 0.3) is 0 Å². The Hall–Kier alpha value is -2.09. The van der Waals surface area contributed by atoms with E-state index in [1.54, 1.807) is 30.0 Å². The van der Waals surface area contributed by atoms with Gasteiger partial charge in [0.25, 0.3) is 0 Å². The van der Waals surface area contributed by atoms with Crippen LogP contribution in [0, 0.1) is 5.41 Å². The number of carboxylic acid groups (broad SMARTS) is 1. The monoisotopic (exact) mass is 565 g/mol. The van der Waals surface area contributed by atoms with Crippen molar-refractivity contribution in [2.75, 3.05) is 5.75 Å². The van der Waals surface area contributed by atoms with Crippen LogP contribution in [0.1, 0.15) is 75.5 Å². The Balaban J connectivity index is 1.88. The van der Waals surface area contributed by atoms with Gasteiger partial charge in [0.15, 0.2) is 9.84 Å². The number of halogens is 2. The number of carbonyl (C=O) groups is 2. The minimum atomic E-state index is -3.42. The molecule has 0 aromatic heterocycles. The molecule has 0 spiro atoms. The first-order valence-corrected chi connectivity index (χ1v) is 15.2. The molecule has 1 saturated heterocycles. The summed E-state index contributed by atoms with van der Waals surface area (Å²) < 4.78 is 26.6. The first kappa shape index (κ1) is 27.9. The Labute approximate surface area is 228 Å². The van der Waals surface area contributed by atoms with Crippen molar-refractivity contribution < 1.29 is 23.1 Å². The van der Waals surface area contributed by atoms with Gasteiger partial charge in [-0.15, -0.1) is 0 Å². The molecule has 1 unspecified atom stereocenters. The SMILES string of the molecule is CCC(CS(=O)(=O)C1CCC1)N1C(=O)[C@@](C)(CC(=O)O)C[C@H](c2cccc(Cl)c2)[C@H]1c1ccc(Cl)cc1. The number of rotatable bonds is 9. The van der Waals surface area contributed by atoms with Crippen LogP contribution < -0.4 is 0 Å². The van der Waals surface area contributed by atoms with Gasteiger partial charge in [-0.3, -0.25) is 9.59 Å². The lowest BCUT2D eigenvalue weighted by atomic mass is 9.67. The molecule has 37 heavy (non-hydrogen) atoms. The highest BCUT2D eigenvalue weighted by molar-refractivity contribution is 7.92. The zero-order valence-electron chi connectivity index (χ0n) is 21.1. The highest BCUT2D eigenvalue weighted by atomic mass is 35.5. The van der Waals surface area contributed by atoms with Gasteiger partial charge in [-0.2, -0.15) is 0 Å². The predicted molar refractivity (Wildman–Crippen MR) is 146 cm³/mol. The molecular formula is C28H33Cl2NO5S. The van der Waals surface area contributed by atoms with Gasteiger partial charge in [-0.05, 0) is 61.1 Å². The van der Waals surface area contributed by atoms with E-state index in [1.807, 2.05) is 37.3 Å². The average Bonchev–Trinajstić information content (AvgIpc) is 2.78. The Bertz CT molecular complexity index is 1260. The summed E-state index contributed by atoms with van der Waals surface area (Å²) in [5, 5.41) is 10.5. The Morgan fingerprint density at radius 2 is 1.78 bits per heavy atom. The number of sulfone groups is 1. The third-order valence-corrected chi connectivity index (χ3v) is 10.8. The molecule has 2 aliphatic rings. The number of amides is 1. The van der Waals surface area contributed by atoms with Crippen molar-refractivity contribution in [1.82, 2.24) is 4.90 Å². The maximum absolute atomic E-state index is 14.2. The summed E-state index contributed by atoms with van der Waals surface area (Å²) in [6.07, 6.45) is 2.55. The number of piperidine rings is 1. The van der Waals surface area contributed by atoms with E-state index in [0.29, 0.717) is 29.3 Å². The second-order valence-electron chi connectivity index (χ2n) is 10.7. The molecule has 1 N–H and O–H groups in total. The van der Waals surface area contributed by atoms with Crippen LogP contribution in [0.2, 0.25) is 10.0 Å². The number of hydrogen-bond donors (Lipinski definition) is 1. The lowest BCUT2D eigenvalue weighted by molar-refractivity contribution is -0.160. The van der Waals surface area contributed by atoms with Crippen molar-refractivity contribution >= 4 is 44.9 Å². The molecule has 2 aromatic rings. The largest absolute Gasteiger partial charge is 0.481 e. The van der Waals surface area contributed by atoms with Gasteiger partial charge in [0.1, 0.15) is 0 Å². The normalized spacial score (nSPS) is 25.5. The first-order chi connectivity index (χ1) is 17.4. The van der Waals surface area contributed by atoms with Crippen molar-refractivity contribution in [3.05, 3.63) is 69.7 Å². The molecule has 1 heterocycles. The number of benzene rings is 2. The van der Waals surface area contributed by atoms with E-state index in [0.717, 1.165) is 17.5 Å². The molecule has 4 atom stereocenters. The second-order valence-corrected chi connectivity index (χ2v) is 13.8. The van der Waals surface area contributed by atoms with Crippen LogP contribution >= 0.6 is 23.2 Å². The number of carboxylic acids is 1. The summed E-state index contributed by atoms with van der Waals surface area (Å²) in [4.78, 5) is 27.8. The molecule has 2 fully saturated rings. The Kier molecular flexibility index (Phi) is 8.27. The molecule has 1 saturated carbocycles. The van der Waals surface area contributed by atoms with E-state index < -0.39 is 33.3 Å². The standard InChI is InChI=1S/C28H33Cl2NO5S/c1-3-22(17-37(35,36)23-8-5-9-23)31-26(18-10-12-20(29)13-11-18)24(19-6-4-7-21(30)14-19)15-28(2,27(31)34)16-25(32)33/h4,6-7,10-14,22-24,26H,3,5,8-9,15-17H2,1-2H3,(H,32,33)/t22?,24-,26-,28-/m1/s1. The molecule has 0 radical (unpaired) electrons. The third kappa shape index (κ3) is 5.84. The number of likely N-dealkylation sites (tertiary alicyclic amines) is 1. The van der Waals surface area contributed by atoms with E-state index in [2.05, 4.69) is 0 Å². The molecule has 200 valence electrons. The van der Waals surface area contributed by atoms with Gasteiger partial charge in [0.05, 0.1) is 28.9 Å². The Morgan fingerprint density at radius 1 is 1.11 bits per heavy atom. The van der Waals surface area contributed by atoms with Gasteiger partial charge in [0, 0.05) is 22.0 Å². The van der Waals surface area contributed by atoms with E-state index in [4.69, 9.17) is 23.2 Å². The number of carbonyl (C=O) groups excluding carboxylic acids is 1. The van der Waals surface area contributed by atoms with Crippen LogP contribution in [0.5, 0.6) is 0 Å². The van der Waals surface area contributed by atoms with Crippen LogP contribution in [0.15, 0.2) is 48.5 Å². The molecule has 9 heteroatoms. The fraction of sp³-hybridized carbons (Fsp3) is 0.500. The maximum atomic E-state index is 14.2. The predicted octanol–water partition coefficient (Wildman–Crippen LogP) is 6.28. The number of aliphatic carboxylic acids is 1. The summed E-state index contributed by atoms with van der Waals surface area (Å²) >= 11 is 12.5. The lowest BCUT2D eigenvalue weighted by Gasteiger charge is -2.52. The van der Waals surface area contributed by atoms with E-state index in [1.165, 1.54) is 0 Å². The smallest absolute Gasteiger partial charge is 0.304 e. The van der Waals surface area contributed by atoms with Crippen molar-refractivity contribution in [1.29, 1.82) is 0 Å². The summed E-state index contributed by atoms with van der Waals surface area (Å²) in [6, 6.07) is 13.5. The average molecular weight is 567 g/mol. The fourth-order valence-electron chi connectivity index (χ4n) is 5.81. The molecule has 1 amide bonds. The van der Waals surface area contributed by atoms with Crippen LogP contribution in [0.3, 0.4) is 0 Å². The zero-order chi connectivity index (χ0) is 27.0. The van der Waals surface area contributed by atoms with E-state index in [9.17, 15) is 23.1 Å². The van der Waals surface area contributed by atoms with Gasteiger partial charge < -0.3 is 10.0 Å². The number of nitrogens with zero attached hydrogens (tertiary/aromatic N) is 1. The summed E-state index contributed by atoms with van der Waals surface area (Å²) in [5.41, 5.74) is 0.480. The van der Waals surface area contributed by atoms with E-state index >= 15 is 0 Å². The molecule has 2 aromatic carbocycles. The highest BCUT2D eigenvalue weighted by Gasteiger charge is 2.53. The summed E-state index contributed by atoms with van der Waals surface area (Å²) in [6.45, 7) is 3.56. The molecule has 1 aliphatic carbocycles. The minimum Gasteiger partial charge on any atom is -0.481 e. The molecule has 6 nitrogen and oxygen atoms in total. The van der Waals surface area contributed by atoms with Crippen molar-refractivity contribution in [2.24, 2.45) is 5.41 Å². The summed E-state index contributed by atoms with van der Waals surface area (Å²) in [7, 11) is -3.42. The topological polar surface area (TPSA) is 91.8 Å². The third-order valence-electron chi connectivity index (χ3n) is 7.98. The molecule has 0 bridgehead atoms. The van der Waals surface area contributed by atoms with E-state index in [-0.39, 0.29) is 35.7 Å². The van der Waals surface area contributed by atoms with Crippen LogP contribution in [-0.2, 0) is 19.4 Å².